The Bertz CT molecular complexity index is 641. The minimum Gasteiger partial charge on any atom is -0.489 e. The summed E-state index contributed by atoms with van der Waals surface area (Å²) in [5.74, 6) is -3.91. The van der Waals surface area contributed by atoms with Gasteiger partial charge in [0.1, 0.15) is 19.5 Å². The van der Waals surface area contributed by atoms with Crippen LogP contribution in [-0.4, -0.2) is 60.0 Å². The van der Waals surface area contributed by atoms with E-state index >= 15 is 0 Å². The first-order chi connectivity index (χ1) is 12.5. The minimum atomic E-state index is -1.07. The van der Waals surface area contributed by atoms with Crippen LogP contribution in [0.2, 0.25) is 0 Å². The van der Waals surface area contributed by atoms with Crippen molar-refractivity contribution in [3.05, 3.63) is 12.0 Å². The summed E-state index contributed by atoms with van der Waals surface area (Å²) >= 11 is 0. The summed E-state index contributed by atoms with van der Waals surface area (Å²) in [5, 5.41) is 0. The van der Waals surface area contributed by atoms with E-state index in [1.807, 2.05) is 0 Å². The molecule has 1 aliphatic rings. The number of amides is 2. The van der Waals surface area contributed by atoms with Crippen molar-refractivity contribution in [2.24, 2.45) is 5.92 Å². The molecule has 150 valence electrons. The second kappa shape index (κ2) is 9.70. The zero-order chi connectivity index (χ0) is 20.7. The Morgan fingerprint density at radius 1 is 0.889 bits per heavy atom. The topological polar surface area (TPSA) is 126 Å². The van der Waals surface area contributed by atoms with E-state index in [1.165, 1.54) is 27.7 Å². The van der Waals surface area contributed by atoms with Gasteiger partial charge >= 0.3 is 17.9 Å². The molecule has 0 aromatic carbocycles. The summed E-state index contributed by atoms with van der Waals surface area (Å²) in [7, 11) is 0. The highest BCUT2D eigenvalue weighted by molar-refractivity contribution is 5.95. The first kappa shape index (κ1) is 22.1. The molecule has 10 nitrogen and oxygen atoms in total. The van der Waals surface area contributed by atoms with Crippen LogP contribution in [0.4, 0.5) is 0 Å². The highest BCUT2D eigenvalue weighted by Crippen LogP contribution is 2.31. The van der Waals surface area contributed by atoms with Crippen molar-refractivity contribution >= 4 is 29.7 Å². The fourth-order valence-corrected chi connectivity index (χ4v) is 2.62. The second-order valence-corrected chi connectivity index (χ2v) is 5.88. The molecular weight excluding hydrogens is 362 g/mol. The maximum Gasteiger partial charge on any atom is 0.303 e. The van der Waals surface area contributed by atoms with Gasteiger partial charge in [-0.05, 0) is 0 Å². The molecule has 0 unspecified atom stereocenters. The van der Waals surface area contributed by atoms with Crippen molar-refractivity contribution in [2.45, 2.75) is 46.8 Å². The van der Waals surface area contributed by atoms with Crippen molar-refractivity contribution in [1.82, 2.24) is 4.90 Å². The second-order valence-electron chi connectivity index (χ2n) is 5.88. The van der Waals surface area contributed by atoms with Gasteiger partial charge in [-0.3, -0.25) is 28.9 Å². The zero-order valence-corrected chi connectivity index (χ0v) is 15.8. The number of imide groups is 1. The summed E-state index contributed by atoms with van der Waals surface area (Å²) in [5.41, 5.74) is 0.0709. The number of ether oxygens (including phenoxy) is 4. The Morgan fingerprint density at radius 2 is 1.41 bits per heavy atom. The van der Waals surface area contributed by atoms with Crippen LogP contribution in [0, 0.1) is 5.92 Å². The van der Waals surface area contributed by atoms with Crippen LogP contribution in [0.25, 0.3) is 0 Å². The third-order valence-corrected chi connectivity index (χ3v) is 3.61. The molecule has 1 aliphatic heterocycles. The first-order valence-electron chi connectivity index (χ1n) is 8.15. The van der Waals surface area contributed by atoms with Crippen LogP contribution in [0.3, 0.4) is 0 Å². The van der Waals surface area contributed by atoms with E-state index in [-0.39, 0.29) is 18.9 Å². The molecule has 1 heterocycles. The van der Waals surface area contributed by atoms with Gasteiger partial charge in [0.25, 0.3) is 0 Å². The molecule has 10 heteroatoms. The largest absolute Gasteiger partial charge is 0.489 e. The molecule has 0 radical (unpaired) electrons. The quantitative estimate of drug-likeness (QED) is 0.468. The van der Waals surface area contributed by atoms with Gasteiger partial charge in [0.05, 0.1) is 11.6 Å². The lowest BCUT2D eigenvalue weighted by Gasteiger charge is -2.39. The van der Waals surface area contributed by atoms with E-state index in [1.54, 1.807) is 0 Å². The van der Waals surface area contributed by atoms with E-state index in [0.717, 1.165) is 18.1 Å². The van der Waals surface area contributed by atoms with Crippen LogP contribution >= 0.6 is 0 Å². The van der Waals surface area contributed by atoms with Gasteiger partial charge in [0.15, 0.2) is 12.2 Å². The van der Waals surface area contributed by atoms with Gasteiger partial charge in [0, 0.05) is 34.6 Å². The molecule has 0 saturated heterocycles. The number of hydrogen-bond acceptors (Lipinski definition) is 9. The van der Waals surface area contributed by atoms with Crippen molar-refractivity contribution in [3.63, 3.8) is 0 Å². The number of carbonyl (C=O) groups excluding carboxylic acids is 5. The van der Waals surface area contributed by atoms with Gasteiger partial charge in [-0.25, -0.2) is 0 Å². The van der Waals surface area contributed by atoms with Gasteiger partial charge in [-0.1, -0.05) is 0 Å². The SMILES string of the molecule is CC(=O)OC[C@@H]1C(N(C(C)=O)C(C)=O)=CO[C@H](COC(C)=O)[C@H]1OC(C)=O. The van der Waals surface area contributed by atoms with Gasteiger partial charge in [-0.15, -0.1) is 0 Å². The predicted octanol–water partition coefficient (Wildman–Crippen LogP) is 0.296. The Hall–Kier alpha value is -2.91. The summed E-state index contributed by atoms with van der Waals surface area (Å²) in [6.07, 6.45) is -0.837. The fourth-order valence-electron chi connectivity index (χ4n) is 2.62. The van der Waals surface area contributed by atoms with E-state index < -0.39 is 47.8 Å². The van der Waals surface area contributed by atoms with E-state index in [9.17, 15) is 24.0 Å². The number of hydrogen-bond donors (Lipinski definition) is 0. The van der Waals surface area contributed by atoms with Crippen LogP contribution in [0.5, 0.6) is 0 Å². The maximum atomic E-state index is 11.9. The number of carbonyl (C=O) groups is 5. The Balaban J connectivity index is 3.31. The number of nitrogens with zero attached hydrogens (tertiary/aromatic N) is 1. The normalized spacial score (nSPS) is 21.2. The lowest BCUT2D eigenvalue weighted by molar-refractivity contribution is -0.170. The summed E-state index contributed by atoms with van der Waals surface area (Å²) in [6.45, 7) is 5.39. The number of esters is 3. The fraction of sp³-hybridized carbons (Fsp3) is 0.588. The monoisotopic (exact) mass is 385 g/mol. The molecule has 0 fully saturated rings. The molecule has 3 atom stereocenters. The first-order valence-corrected chi connectivity index (χ1v) is 8.15. The molecular formula is C17H23NO9. The van der Waals surface area contributed by atoms with Crippen molar-refractivity contribution in [2.75, 3.05) is 13.2 Å². The van der Waals surface area contributed by atoms with E-state index in [2.05, 4.69) is 0 Å². The minimum absolute atomic E-state index is 0.0709. The highest BCUT2D eigenvalue weighted by Gasteiger charge is 2.44. The van der Waals surface area contributed by atoms with E-state index in [0.29, 0.717) is 0 Å². The summed E-state index contributed by atoms with van der Waals surface area (Å²) in [6, 6.07) is 0. The molecule has 0 bridgehead atoms. The van der Waals surface area contributed by atoms with Crippen molar-refractivity contribution < 1.29 is 42.9 Å². The molecule has 27 heavy (non-hydrogen) atoms. The Kier molecular flexibility index (Phi) is 7.95. The maximum absolute atomic E-state index is 11.9. The smallest absolute Gasteiger partial charge is 0.303 e. The molecule has 0 N–H and O–H groups in total. The molecule has 2 amide bonds. The summed E-state index contributed by atoms with van der Waals surface area (Å²) in [4.78, 5) is 58.6. The zero-order valence-electron chi connectivity index (χ0n) is 15.8. The highest BCUT2D eigenvalue weighted by atomic mass is 16.6. The Morgan fingerprint density at radius 3 is 1.85 bits per heavy atom. The van der Waals surface area contributed by atoms with Crippen LogP contribution in [-0.2, 0) is 42.9 Å². The van der Waals surface area contributed by atoms with Gasteiger partial charge in [0.2, 0.25) is 11.8 Å². The standard InChI is InChI=1S/C17H23NO9/c1-9(19)18(10(2)20)15-7-26-16(8-25-12(4)22)17(27-13(5)23)14(15)6-24-11(3)21/h7,14,16-17H,6,8H2,1-5H3/t14-,16-,17+/m1/s1. The Labute approximate surface area is 156 Å². The predicted molar refractivity (Wildman–Crippen MR) is 88.5 cm³/mol. The molecule has 0 aliphatic carbocycles. The van der Waals surface area contributed by atoms with E-state index in [4.69, 9.17) is 18.9 Å². The molecule has 0 saturated carbocycles. The molecule has 0 aromatic rings. The molecule has 0 spiro atoms. The third kappa shape index (κ3) is 6.39. The van der Waals surface area contributed by atoms with Crippen LogP contribution in [0.1, 0.15) is 34.6 Å². The summed E-state index contributed by atoms with van der Waals surface area (Å²) < 4.78 is 20.7. The van der Waals surface area contributed by atoms with Crippen LogP contribution < -0.4 is 0 Å². The van der Waals surface area contributed by atoms with Crippen LogP contribution in [0.15, 0.2) is 12.0 Å². The van der Waals surface area contributed by atoms with Gasteiger partial charge < -0.3 is 18.9 Å². The lowest BCUT2D eigenvalue weighted by atomic mass is 9.92. The van der Waals surface area contributed by atoms with Crippen molar-refractivity contribution in [3.8, 4) is 0 Å². The third-order valence-electron chi connectivity index (χ3n) is 3.61. The van der Waals surface area contributed by atoms with Crippen molar-refractivity contribution in [1.29, 1.82) is 0 Å². The lowest BCUT2D eigenvalue weighted by Crippen LogP contribution is -2.51. The molecule has 0 aromatic heterocycles. The number of rotatable bonds is 6. The molecule has 1 rings (SSSR count). The average molecular weight is 385 g/mol. The van der Waals surface area contributed by atoms with Gasteiger partial charge in [-0.2, -0.15) is 0 Å². The average Bonchev–Trinajstić information content (AvgIpc) is 2.51.